The molecule has 3 fully saturated rings. The number of rotatable bonds is 6. The molecular weight excluding hydrogens is 488 g/mol. The molecule has 10 heteroatoms. The highest BCUT2D eigenvalue weighted by Crippen LogP contribution is 2.68. The van der Waals surface area contributed by atoms with Crippen molar-refractivity contribution in [3.05, 3.63) is 44.4 Å². The molecule has 2 N–H and O–H groups in total. The van der Waals surface area contributed by atoms with Crippen LogP contribution in [0.3, 0.4) is 0 Å². The Morgan fingerprint density at radius 3 is 2.57 bits per heavy atom. The molecule has 2 aliphatic carbocycles. The predicted molar refractivity (Wildman–Crippen MR) is 129 cm³/mol. The van der Waals surface area contributed by atoms with Gasteiger partial charge in [0.2, 0.25) is 11.8 Å². The number of thiazole rings is 1. The number of aromatic amines is 1. The number of unbranched alkanes of at least 4 members (excludes halogenated alkanes) is 1. The van der Waals surface area contributed by atoms with Gasteiger partial charge in [0.05, 0.1) is 23.5 Å². The molecule has 7 atom stereocenters. The Labute approximate surface area is 210 Å². The van der Waals surface area contributed by atoms with Crippen LogP contribution in [0, 0.1) is 29.6 Å². The van der Waals surface area contributed by atoms with Crippen molar-refractivity contribution in [1.82, 2.24) is 9.88 Å². The monoisotopic (exact) mass is 514 g/mol. The van der Waals surface area contributed by atoms with E-state index < -0.39 is 17.8 Å². The smallest absolute Gasteiger partial charge is 0.326 e. The van der Waals surface area contributed by atoms with Crippen LogP contribution in [0.25, 0.3) is 0 Å². The number of hydrogen-bond donors (Lipinski definition) is 2. The number of carbonyl (C=O) groups is 3. The van der Waals surface area contributed by atoms with Crippen molar-refractivity contribution >= 4 is 40.9 Å². The molecule has 0 spiro atoms. The number of imide groups is 1. The maximum Gasteiger partial charge on any atom is 0.326 e. The number of aromatic hydroxyl groups is 1. The second-order valence-electron chi connectivity index (χ2n) is 9.89. The molecule has 2 saturated carbocycles. The average molecular weight is 515 g/mol. The topological polar surface area (TPSA) is 117 Å². The fourth-order valence-electron chi connectivity index (χ4n) is 6.79. The van der Waals surface area contributed by atoms with Crippen LogP contribution in [0.15, 0.2) is 34.1 Å². The zero-order chi connectivity index (χ0) is 24.4. The van der Waals surface area contributed by atoms with Gasteiger partial charge in [-0.05, 0) is 48.3 Å². The van der Waals surface area contributed by atoms with Crippen molar-refractivity contribution < 1.29 is 24.2 Å². The van der Waals surface area contributed by atoms with E-state index in [4.69, 9.17) is 4.74 Å². The van der Waals surface area contributed by atoms with Crippen molar-refractivity contribution in [2.75, 3.05) is 13.2 Å². The van der Waals surface area contributed by atoms with Gasteiger partial charge in [0.1, 0.15) is 12.3 Å². The summed E-state index contributed by atoms with van der Waals surface area (Å²) in [5.41, 5.74) is 0.992. The summed E-state index contributed by atoms with van der Waals surface area (Å²) in [5, 5.41) is 10.8. The van der Waals surface area contributed by atoms with E-state index in [2.05, 4.69) is 4.98 Å². The SMILES string of the molecule is CCCCOC(=O)CN1C(=O)C2C3CC(C2C1=O)C1C(c2ccc(O)cc2)c2sc(=O)[nH]c2SC31. The molecule has 7 unspecified atom stereocenters. The number of esters is 1. The molecule has 3 heterocycles. The van der Waals surface area contributed by atoms with E-state index >= 15 is 0 Å². The molecule has 2 aromatic rings. The van der Waals surface area contributed by atoms with Crippen molar-refractivity contribution in [1.29, 1.82) is 0 Å². The van der Waals surface area contributed by atoms with E-state index in [1.165, 1.54) is 11.3 Å². The van der Waals surface area contributed by atoms with Crippen LogP contribution in [0.4, 0.5) is 0 Å². The Morgan fingerprint density at radius 2 is 1.86 bits per heavy atom. The number of H-pyrrole nitrogens is 1. The number of benzene rings is 1. The first-order valence-electron chi connectivity index (χ1n) is 12.1. The van der Waals surface area contributed by atoms with Gasteiger partial charge in [-0.15, -0.1) is 11.8 Å². The van der Waals surface area contributed by atoms with E-state index in [0.717, 1.165) is 39.6 Å². The molecule has 35 heavy (non-hydrogen) atoms. The lowest BCUT2D eigenvalue weighted by molar-refractivity contribution is -0.153. The minimum absolute atomic E-state index is 0.00808. The van der Waals surface area contributed by atoms with Crippen molar-refractivity contribution in [2.45, 2.75) is 42.4 Å². The lowest BCUT2D eigenvalue weighted by atomic mass is 9.68. The molecule has 4 aliphatic rings. The summed E-state index contributed by atoms with van der Waals surface area (Å²) in [5.74, 6) is -1.75. The molecule has 2 aliphatic heterocycles. The van der Waals surface area contributed by atoms with Crippen LogP contribution in [-0.2, 0) is 19.1 Å². The van der Waals surface area contributed by atoms with Crippen molar-refractivity contribution in [3.8, 4) is 5.75 Å². The summed E-state index contributed by atoms with van der Waals surface area (Å²) in [6.45, 7) is 1.97. The number of carbonyl (C=O) groups excluding carboxylic acids is 3. The molecule has 184 valence electrons. The highest BCUT2D eigenvalue weighted by Gasteiger charge is 2.69. The summed E-state index contributed by atoms with van der Waals surface area (Å²) in [6.07, 6.45) is 2.42. The molecule has 1 saturated heterocycles. The Morgan fingerprint density at radius 1 is 1.14 bits per heavy atom. The van der Waals surface area contributed by atoms with Crippen LogP contribution < -0.4 is 4.87 Å². The molecule has 2 amide bonds. The maximum absolute atomic E-state index is 13.5. The van der Waals surface area contributed by atoms with Gasteiger partial charge in [0, 0.05) is 16.0 Å². The van der Waals surface area contributed by atoms with Gasteiger partial charge in [-0.2, -0.15) is 0 Å². The Hall–Kier alpha value is -2.59. The molecule has 1 aromatic heterocycles. The number of ether oxygens (including phenoxy) is 1. The molecule has 2 bridgehead atoms. The summed E-state index contributed by atoms with van der Waals surface area (Å²) < 4.78 is 5.21. The first-order chi connectivity index (χ1) is 16.9. The van der Waals surface area contributed by atoms with Crippen LogP contribution in [0.5, 0.6) is 5.75 Å². The average Bonchev–Trinajstić information content (AvgIpc) is 3.56. The number of amides is 2. The van der Waals surface area contributed by atoms with E-state index in [-0.39, 0.29) is 57.9 Å². The third-order valence-electron chi connectivity index (χ3n) is 8.12. The lowest BCUT2D eigenvalue weighted by Crippen LogP contribution is -2.42. The number of phenols is 1. The number of aromatic nitrogens is 1. The summed E-state index contributed by atoms with van der Waals surface area (Å²) in [6, 6.07) is 7.05. The fourth-order valence-corrected chi connectivity index (χ4v) is 9.68. The summed E-state index contributed by atoms with van der Waals surface area (Å²) in [7, 11) is 0. The number of thioether (sulfide) groups is 1. The maximum atomic E-state index is 13.5. The highest BCUT2D eigenvalue weighted by atomic mass is 32.2. The Kier molecular flexibility index (Phi) is 5.56. The molecule has 8 nitrogen and oxygen atoms in total. The van der Waals surface area contributed by atoms with Gasteiger partial charge in [-0.3, -0.25) is 24.1 Å². The molecule has 1 aromatic carbocycles. The van der Waals surface area contributed by atoms with Crippen molar-refractivity contribution in [2.24, 2.45) is 29.6 Å². The largest absolute Gasteiger partial charge is 0.508 e. The molecule has 6 rings (SSSR count). The Balaban J connectivity index is 1.32. The van der Waals surface area contributed by atoms with Gasteiger partial charge < -0.3 is 14.8 Å². The van der Waals surface area contributed by atoms with Gasteiger partial charge in [0.25, 0.3) is 0 Å². The van der Waals surface area contributed by atoms with E-state index in [1.807, 2.05) is 19.1 Å². The minimum Gasteiger partial charge on any atom is -0.508 e. The third kappa shape index (κ3) is 3.48. The molecular formula is C25H26N2O6S2. The predicted octanol–water partition coefficient (Wildman–Crippen LogP) is 2.96. The second kappa shape index (κ2) is 8.51. The van der Waals surface area contributed by atoms with Gasteiger partial charge in [0.15, 0.2) is 0 Å². The van der Waals surface area contributed by atoms with E-state index in [9.17, 15) is 24.3 Å². The first kappa shape index (κ1) is 22.8. The standard InChI is InChI=1S/C25H26N2O6S2/c1-2-3-8-33-15(29)10-27-23(30)18-13-9-14(19(18)24(27)31)20-17(13)16(11-4-6-12(28)7-5-11)21-22(34-20)26-25(32)35-21/h4-7,13-14,16-20,28H,2-3,8-10H2,1H3,(H,26,32). The summed E-state index contributed by atoms with van der Waals surface area (Å²) >= 11 is 2.83. The Bertz CT molecular complexity index is 1250. The normalized spacial score (nSPS) is 32.5. The number of hydrogen-bond acceptors (Lipinski definition) is 8. The minimum atomic E-state index is -0.541. The second-order valence-corrected chi connectivity index (χ2v) is 12.1. The van der Waals surface area contributed by atoms with Gasteiger partial charge >= 0.3 is 10.8 Å². The van der Waals surface area contributed by atoms with Crippen LogP contribution in [-0.4, -0.2) is 51.2 Å². The quantitative estimate of drug-likeness (QED) is 0.346. The van der Waals surface area contributed by atoms with Gasteiger partial charge in [-0.1, -0.05) is 36.8 Å². The number of likely N-dealkylation sites (tertiary alicyclic amines) is 1. The van der Waals surface area contributed by atoms with Gasteiger partial charge in [-0.25, -0.2) is 0 Å². The number of phenolic OH excluding ortho intramolecular Hbond substituents is 1. The number of fused-ring (bicyclic) bond motifs is 9. The van der Waals surface area contributed by atoms with E-state index in [1.54, 1.807) is 23.9 Å². The zero-order valence-corrected chi connectivity index (χ0v) is 20.8. The zero-order valence-electron chi connectivity index (χ0n) is 19.1. The summed E-state index contributed by atoms with van der Waals surface area (Å²) in [4.78, 5) is 56.4. The van der Waals surface area contributed by atoms with Crippen LogP contribution >= 0.6 is 23.1 Å². The highest BCUT2D eigenvalue weighted by molar-refractivity contribution is 8.00. The first-order valence-corrected chi connectivity index (χ1v) is 13.8. The number of nitrogens with one attached hydrogen (secondary N) is 1. The fraction of sp³-hybridized carbons (Fsp3) is 0.520. The van der Waals surface area contributed by atoms with Crippen molar-refractivity contribution in [3.63, 3.8) is 0 Å². The number of nitrogens with zero attached hydrogens (tertiary/aromatic N) is 1. The van der Waals surface area contributed by atoms with Crippen LogP contribution in [0.1, 0.15) is 42.5 Å². The third-order valence-corrected chi connectivity index (χ3v) is 10.7. The van der Waals surface area contributed by atoms with E-state index in [0.29, 0.717) is 6.61 Å². The lowest BCUT2D eigenvalue weighted by Gasteiger charge is -2.43. The molecule has 0 radical (unpaired) electrons. The van der Waals surface area contributed by atoms with Crippen LogP contribution in [0.2, 0.25) is 0 Å².